The molecule has 1 aromatic heterocycles. The third-order valence-electron chi connectivity index (χ3n) is 5.24. The van der Waals surface area contributed by atoms with Crippen LogP contribution < -0.4 is 9.64 Å². The number of pyridine rings is 1. The summed E-state index contributed by atoms with van der Waals surface area (Å²) in [5.41, 5.74) is 2.26. The van der Waals surface area contributed by atoms with Crippen LogP contribution in [0, 0.1) is 6.92 Å². The van der Waals surface area contributed by atoms with Crippen LogP contribution in [0.25, 0.3) is 5.76 Å². The van der Waals surface area contributed by atoms with E-state index >= 15 is 0 Å². The summed E-state index contributed by atoms with van der Waals surface area (Å²) in [5, 5.41) is 11.6. The molecule has 7 heteroatoms. The van der Waals surface area contributed by atoms with Crippen LogP contribution in [0.15, 0.2) is 72.6 Å². The molecule has 0 radical (unpaired) electrons. The van der Waals surface area contributed by atoms with E-state index in [0.717, 1.165) is 0 Å². The quantitative estimate of drug-likeness (QED) is 0.366. The zero-order valence-electron chi connectivity index (χ0n) is 16.9. The Kier molecular flexibility index (Phi) is 5.48. The Morgan fingerprint density at radius 2 is 1.84 bits per heavy atom. The zero-order valence-corrected chi connectivity index (χ0v) is 17.6. The highest BCUT2D eigenvalue weighted by Crippen LogP contribution is 2.42. The topological polar surface area (TPSA) is 79.7 Å². The number of Topliss-reactive ketones (excluding diaryl/α,β-unsaturated/α-hetero) is 1. The number of methoxy groups -OCH3 is 1. The fourth-order valence-electron chi connectivity index (χ4n) is 3.76. The lowest BCUT2D eigenvalue weighted by Gasteiger charge is -2.25. The molecule has 0 bridgehead atoms. The van der Waals surface area contributed by atoms with Gasteiger partial charge in [0.2, 0.25) is 0 Å². The van der Waals surface area contributed by atoms with Gasteiger partial charge < -0.3 is 9.84 Å². The van der Waals surface area contributed by atoms with Crippen LogP contribution in [0.4, 0.5) is 5.69 Å². The highest BCUT2D eigenvalue weighted by atomic mass is 35.5. The molecule has 1 atom stereocenters. The van der Waals surface area contributed by atoms with Crippen molar-refractivity contribution < 1.29 is 19.4 Å². The Hall–Kier alpha value is -3.64. The Labute approximate surface area is 184 Å². The first-order chi connectivity index (χ1) is 14.9. The molecule has 156 valence electrons. The van der Waals surface area contributed by atoms with Gasteiger partial charge in [-0.2, -0.15) is 0 Å². The van der Waals surface area contributed by atoms with Gasteiger partial charge in [0, 0.05) is 28.7 Å². The van der Waals surface area contributed by atoms with Crippen molar-refractivity contribution in [1.29, 1.82) is 0 Å². The summed E-state index contributed by atoms with van der Waals surface area (Å²) in [7, 11) is 1.55. The number of aliphatic hydroxyl groups is 1. The van der Waals surface area contributed by atoms with Crippen LogP contribution in [0.2, 0.25) is 5.02 Å². The molecule has 1 amide bonds. The molecule has 3 aromatic rings. The van der Waals surface area contributed by atoms with Gasteiger partial charge >= 0.3 is 0 Å². The first-order valence-corrected chi connectivity index (χ1v) is 9.91. The third kappa shape index (κ3) is 3.66. The standard InChI is InChI=1S/C24H19ClN2O4/c1-14-12-18(31-2)6-7-19(14)22(28)20-21(15-8-10-26-11-9-15)27(24(30)23(20)29)17-5-3-4-16(25)13-17/h3-13,21,28H,1-2H3/b22-20-. The normalized spacial score (nSPS) is 17.8. The average molecular weight is 435 g/mol. The number of rotatable bonds is 4. The molecular weight excluding hydrogens is 416 g/mol. The van der Waals surface area contributed by atoms with Crippen molar-refractivity contribution >= 4 is 34.7 Å². The van der Waals surface area contributed by atoms with Crippen molar-refractivity contribution in [2.45, 2.75) is 13.0 Å². The van der Waals surface area contributed by atoms with Crippen molar-refractivity contribution in [2.24, 2.45) is 0 Å². The Morgan fingerprint density at radius 3 is 2.48 bits per heavy atom. The number of anilines is 1. The highest BCUT2D eigenvalue weighted by molar-refractivity contribution is 6.51. The lowest BCUT2D eigenvalue weighted by Crippen LogP contribution is -2.29. The number of aromatic nitrogens is 1. The van der Waals surface area contributed by atoms with Crippen LogP contribution in [0.3, 0.4) is 0 Å². The van der Waals surface area contributed by atoms with Crippen molar-refractivity contribution in [3.05, 3.63) is 94.3 Å². The van der Waals surface area contributed by atoms with E-state index in [4.69, 9.17) is 16.3 Å². The van der Waals surface area contributed by atoms with Gasteiger partial charge in [-0.05, 0) is 66.6 Å². The number of hydrogen-bond acceptors (Lipinski definition) is 5. The second kappa shape index (κ2) is 8.24. The van der Waals surface area contributed by atoms with E-state index in [9.17, 15) is 14.7 Å². The minimum absolute atomic E-state index is 0.00411. The van der Waals surface area contributed by atoms with Crippen LogP contribution >= 0.6 is 11.6 Å². The smallest absolute Gasteiger partial charge is 0.300 e. The fourth-order valence-corrected chi connectivity index (χ4v) is 3.94. The van der Waals surface area contributed by atoms with Gasteiger partial charge in [0.15, 0.2) is 0 Å². The number of ether oxygens (including phenoxy) is 1. The maximum absolute atomic E-state index is 13.1. The minimum atomic E-state index is -0.831. The molecular formula is C24H19ClN2O4. The van der Waals surface area contributed by atoms with Gasteiger partial charge in [-0.1, -0.05) is 17.7 Å². The van der Waals surface area contributed by atoms with Crippen molar-refractivity contribution in [2.75, 3.05) is 12.0 Å². The largest absolute Gasteiger partial charge is 0.507 e. The number of benzene rings is 2. The molecule has 0 aliphatic carbocycles. The predicted octanol–water partition coefficient (Wildman–Crippen LogP) is 4.68. The number of nitrogens with zero attached hydrogens (tertiary/aromatic N) is 2. The summed E-state index contributed by atoms with van der Waals surface area (Å²) >= 11 is 6.14. The number of carbonyl (C=O) groups excluding carboxylic acids is 2. The number of carbonyl (C=O) groups is 2. The molecule has 0 saturated carbocycles. The molecule has 1 unspecified atom stereocenters. The van der Waals surface area contributed by atoms with Gasteiger partial charge in [-0.15, -0.1) is 0 Å². The van der Waals surface area contributed by atoms with Crippen LogP contribution in [0.1, 0.15) is 22.7 Å². The van der Waals surface area contributed by atoms with E-state index in [1.807, 2.05) is 0 Å². The molecule has 6 nitrogen and oxygen atoms in total. The summed E-state index contributed by atoms with van der Waals surface area (Å²) in [5.74, 6) is -1.13. The molecule has 2 aromatic carbocycles. The van der Waals surface area contributed by atoms with Gasteiger partial charge in [-0.3, -0.25) is 19.5 Å². The second-order valence-corrected chi connectivity index (χ2v) is 7.55. The van der Waals surface area contributed by atoms with Gasteiger partial charge in [-0.25, -0.2) is 0 Å². The molecule has 1 N–H and O–H groups in total. The van der Waals surface area contributed by atoms with Crippen molar-refractivity contribution in [3.8, 4) is 5.75 Å². The van der Waals surface area contributed by atoms with Crippen LogP contribution in [-0.2, 0) is 9.59 Å². The van der Waals surface area contributed by atoms with E-state index in [0.29, 0.717) is 33.1 Å². The van der Waals surface area contributed by atoms with E-state index in [1.54, 1.807) is 81.0 Å². The number of aryl methyl sites for hydroxylation is 1. The monoisotopic (exact) mass is 434 g/mol. The molecule has 4 rings (SSSR count). The lowest BCUT2D eigenvalue weighted by atomic mass is 9.94. The van der Waals surface area contributed by atoms with Crippen molar-refractivity contribution in [1.82, 2.24) is 4.98 Å². The molecule has 1 saturated heterocycles. The van der Waals surface area contributed by atoms with Crippen molar-refractivity contribution in [3.63, 3.8) is 0 Å². The van der Waals surface area contributed by atoms with Gasteiger partial charge in [0.25, 0.3) is 11.7 Å². The van der Waals surface area contributed by atoms with Gasteiger partial charge in [0.1, 0.15) is 11.5 Å². The maximum atomic E-state index is 13.1. The Morgan fingerprint density at radius 1 is 1.10 bits per heavy atom. The summed E-state index contributed by atoms with van der Waals surface area (Å²) in [6, 6.07) is 14.4. The first-order valence-electron chi connectivity index (χ1n) is 9.54. The summed E-state index contributed by atoms with van der Waals surface area (Å²) in [6.45, 7) is 1.80. The average Bonchev–Trinajstić information content (AvgIpc) is 3.04. The molecule has 0 spiro atoms. The molecule has 1 aliphatic rings. The molecule has 1 fully saturated rings. The van der Waals surface area contributed by atoms with E-state index in [1.165, 1.54) is 4.90 Å². The van der Waals surface area contributed by atoms with Crippen LogP contribution in [-0.4, -0.2) is 28.9 Å². The predicted molar refractivity (Wildman–Crippen MR) is 118 cm³/mol. The molecule has 31 heavy (non-hydrogen) atoms. The van der Waals surface area contributed by atoms with E-state index < -0.39 is 17.7 Å². The highest BCUT2D eigenvalue weighted by Gasteiger charge is 2.47. The first kappa shape index (κ1) is 20.6. The second-order valence-electron chi connectivity index (χ2n) is 7.11. The Balaban J connectivity index is 1.95. The summed E-state index contributed by atoms with van der Waals surface area (Å²) < 4.78 is 5.22. The SMILES string of the molecule is COc1ccc(/C(O)=C2/C(=O)C(=O)N(c3cccc(Cl)c3)C2c2ccncc2)c(C)c1. The number of amides is 1. The minimum Gasteiger partial charge on any atom is -0.507 e. The summed E-state index contributed by atoms with van der Waals surface area (Å²) in [6.07, 6.45) is 3.15. The maximum Gasteiger partial charge on any atom is 0.300 e. The fraction of sp³-hybridized carbons (Fsp3) is 0.125. The number of aliphatic hydroxyl groups excluding tert-OH is 1. The number of hydrogen-bond donors (Lipinski definition) is 1. The number of halogens is 1. The lowest BCUT2D eigenvalue weighted by molar-refractivity contribution is -0.132. The zero-order chi connectivity index (χ0) is 22.1. The third-order valence-corrected chi connectivity index (χ3v) is 5.48. The van der Waals surface area contributed by atoms with Crippen LogP contribution in [0.5, 0.6) is 5.75 Å². The molecule has 2 heterocycles. The van der Waals surface area contributed by atoms with Gasteiger partial charge in [0.05, 0.1) is 18.7 Å². The van der Waals surface area contributed by atoms with E-state index in [2.05, 4.69) is 4.98 Å². The summed E-state index contributed by atoms with van der Waals surface area (Å²) in [4.78, 5) is 31.6. The Bertz CT molecular complexity index is 1210. The van der Waals surface area contributed by atoms with E-state index in [-0.39, 0.29) is 11.3 Å². The number of ketones is 1. The molecule has 1 aliphatic heterocycles.